The van der Waals surface area contributed by atoms with Gasteiger partial charge in [-0.3, -0.25) is 4.98 Å². The maximum atomic E-state index is 12.2. The molecular weight excluding hydrogens is 286 g/mol. The number of benzene rings is 1. The van der Waals surface area contributed by atoms with Crippen LogP contribution in [0.4, 0.5) is 0 Å². The smallest absolute Gasteiger partial charge is 0.216 e. The van der Waals surface area contributed by atoms with Crippen LogP contribution in [0.3, 0.4) is 0 Å². The zero-order valence-corrected chi connectivity index (χ0v) is 12.3. The molecule has 0 aliphatic rings. The van der Waals surface area contributed by atoms with E-state index in [1.807, 2.05) is 6.07 Å². The standard InChI is InChI=1S/C15H15N3O2S/c1-12(13-6-8-17-9-7-13)18-21(19,20)11-15-5-3-2-4-14(15)10-16/h2-9,12,18H,11H2,1H3. The van der Waals surface area contributed by atoms with E-state index in [1.54, 1.807) is 55.7 Å². The third-order valence-electron chi connectivity index (χ3n) is 3.05. The number of nitrogens with zero attached hydrogens (tertiary/aromatic N) is 2. The van der Waals surface area contributed by atoms with Gasteiger partial charge < -0.3 is 0 Å². The van der Waals surface area contributed by atoms with Crippen LogP contribution in [0.25, 0.3) is 0 Å². The Morgan fingerprint density at radius 1 is 1.24 bits per heavy atom. The molecule has 1 aromatic carbocycles. The average Bonchev–Trinajstić information content (AvgIpc) is 2.47. The molecule has 0 bridgehead atoms. The van der Waals surface area contributed by atoms with Crippen LogP contribution in [0.15, 0.2) is 48.8 Å². The summed E-state index contributed by atoms with van der Waals surface area (Å²) in [5, 5.41) is 9.00. The number of pyridine rings is 1. The number of nitriles is 1. The molecule has 0 aliphatic heterocycles. The van der Waals surface area contributed by atoms with Crippen molar-refractivity contribution < 1.29 is 8.42 Å². The first-order valence-corrected chi connectivity index (χ1v) is 8.05. The number of nitrogens with one attached hydrogen (secondary N) is 1. The van der Waals surface area contributed by atoms with E-state index in [9.17, 15) is 8.42 Å². The minimum absolute atomic E-state index is 0.216. The molecule has 0 spiro atoms. The van der Waals surface area contributed by atoms with E-state index < -0.39 is 10.0 Å². The molecule has 1 heterocycles. The molecule has 0 radical (unpaired) electrons. The molecule has 108 valence electrons. The summed E-state index contributed by atoms with van der Waals surface area (Å²) in [6, 6.07) is 11.9. The fraction of sp³-hybridized carbons (Fsp3) is 0.200. The Balaban J connectivity index is 2.14. The van der Waals surface area contributed by atoms with Crippen molar-refractivity contribution in [1.29, 1.82) is 5.26 Å². The van der Waals surface area contributed by atoms with E-state index in [-0.39, 0.29) is 11.8 Å². The van der Waals surface area contributed by atoms with Gasteiger partial charge in [-0.1, -0.05) is 18.2 Å². The van der Waals surface area contributed by atoms with Gasteiger partial charge in [0.15, 0.2) is 0 Å². The maximum absolute atomic E-state index is 12.2. The molecule has 5 nitrogen and oxygen atoms in total. The fourth-order valence-corrected chi connectivity index (χ4v) is 3.41. The second-order valence-corrected chi connectivity index (χ2v) is 6.40. The van der Waals surface area contributed by atoms with Crippen LogP contribution < -0.4 is 4.72 Å². The van der Waals surface area contributed by atoms with Gasteiger partial charge in [0.1, 0.15) is 0 Å². The quantitative estimate of drug-likeness (QED) is 0.917. The van der Waals surface area contributed by atoms with Crippen LogP contribution in [0, 0.1) is 11.3 Å². The Kier molecular flexibility index (Phi) is 4.68. The van der Waals surface area contributed by atoms with Crippen LogP contribution >= 0.6 is 0 Å². The topological polar surface area (TPSA) is 82.9 Å². The average molecular weight is 301 g/mol. The summed E-state index contributed by atoms with van der Waals surface area (Å²) >= 11 is 0. The van der Waals surface area contributed by atoms with Crippen LogP contribution in [-0.4, -0.2) is 13.4 Å². The van der Waals surface area contributed by atoms with Gasteiger partial charge in [0.25, 0.3) is 0 Å². The lowest BCUT2D eigenvalue weighted by atomic mass is 10.1. The van der Waals surface area contributed by atoms with Gasteiger partial charge >= 0.3 is 0 Å². The SMILES string of the molecule is CC(NS(=O)(=O)Cc1ccccc1C#N)c1ccncc1. The molecule has 2 rings (SSSR count). The number of aromatic nitrogens is 1. The van der Waals surface area contributed by atoms with Gasteiger partial charge in [-0.05, 0) is 36.2 Å². The lowest BCUT2D eigenvalue weighted by Gasteiger charge is -2.14. The van der Waals surface area contributed by atoms with Gasteiger partial charge in [-0.15, -0.1) is 0 Å². The maximum Gasteiger partial charge on any atom is 0.216 e. The van der Waals surface area contributed by atoms with Gasteiger partial charge in [-0.2, -0.15) is 5.26 Å². The normalized spacial score (nSPS) is 12.6. The molecular formula is C15H15N3O2S. The molecule has 0 fully saturated rings. The van der Waals surface area contributed by atoms with Gasteiger partial charge in [0, 0.05) is 18.4 Å². The summed E-state index contributed by atoms with van der Waals surface area (Å²) < 4.78 is 27.0. The predicted molar refractivity (Wildman–Crippen MR) is 79.6 cm³/mol. The highest BCUT2D eigenvalue weighted by Crippen LogP contribution is 2.15. The van der Waals surface area contributed by atoms with E-state index in [4.69, 9.17) is 5.26 Å². The van der Waals surface area contributed by atoms with E-state index in [0.29, 0.717) is 11.1 Å². The Hall–Kier alpha value is -2.23. The zero-order valence-electron chi connectivity index (χ0n) is 11.5. The molecule has 0 saturated carbocycles. The number of rotatable bonds is 5. The zero-order chi connectivity index (χ0) is 15.3. The second kappa shape index (κ2) is 6.48. The minimum Gasteiger partial charge on any atom is -0.265 e. The molecule has 2 aromatic rings. The molecule has 1 atom stereocenters. The van der Waals surface area contributed by atoms with Crippen molar-refractivity contribution in [2.75, 3.05) is 0 Å². The third kappa shape index (κ3) is 4.12. The predicted octanol–water partition coefficient (Wildman–Crippen LogP) is 2.13. The molecule has 0 saturated heterocycles. The number of hydrogen-bond acceptors (Lipinski definition) is 4. The molecule has 0 aliphatic carbocycles. The number of sulfonamides is 1. The van der Waals surface area contributed by atoms with E-state index in [1.165, 1.54) is 0 Å². The third-order valence-corrected chi connectivity index (χ3v) is 4.45. The summed E-state index contributed by atoms with van der Waals surface area (Å²) in [6.45, 7) is 1.77. The highest BCUT2D eigenvalue weighted by molar-refractivity contribution is 7.88. The summed E-state index contributed by atoms with van der Waals surface area (Å²) in [4.78, 5) is 3.90. The molecule has 1 aromatic heterocycles. The largest absolute Gasteiger partial charge is 0.265 e. The number of hydrogen-bond donors (Lipinski definition) is 1. The van der Waals surface area contributed by atoms with Crippen molar-refractivity contribution in [3.63, 3.8) is 0 Å². The second-order valence-electron chi connectivity index (χ2n) is 4.65. The van der Waals surface area contributed by atoms with Crippen LogP contribution in [0.5, 0.6) is 0 Å². The minimum atomic E-state index is -3.54. The Morgan fingerprint density at radius 3 is 2.57 bits per heavy atom. The Labute approximate surface area is 124 Å². The molecule has 21 heavy (non-hydrogen) atoms. The summed E-state index contributed by atoms with van der Waals surface area (Å²) in [5.41, 5.74) is 1.70. The highest BCUT2D eigenvalue weighted by atomic mass is 32.2. The molecule has 1 N–H and O–H groups in total. The van der Waals surface area contributed by atoms with Crippen LogP contribution in [0.2, 0.25) is 0 Å². The molecule has 1 unspecified atom stereocenters. The lowest BCUT2D eigenvalue weighted by Crippen LogP contribution is -2.28. The van der Waals surface area contributed by atoms with Crippen molar-refractivity contribution in [1.82, 2.24) is 9.71 Å². The first-order chi connectivity index (χ1) is 10.0. The Morgan fingerprint density at radius 2 is 1.90 bits per heavy atom. The van der Waals surface area contributed by atoms with Crippen molar-refractivity contribution in [3.05, 3.63) is 65.5 Å². The monoisotopic (exact) mass is 301 g/mol. The first kappa shape index (κ1) is 15.2. The van der Waals surface area contributed by atoms with Crippen LogP contribution in [-0.2, 0) is 15.8 Å². The lowest BCUT2D eigenvalue weighted by molar-refractivity contribution is 0.566. The summed E-state index contributed by atoms with van der Waals surface area (Å²) in [5.74, 6) is -0.216. The summed E-state index contributed by atoms with van der Waals surface area (Å²) in [6.07, 6.45) is 3.23. The van der Waals surface area contributed by atoms with Gasteiger partial charge in [0.05, 0.1) is 17.4 Å². The van der Waals surface area contributed by atoms with Gasteiger partial charge in [-0.25, -0.2) is 13.1 Å². The molecule has 0 amide bonds. The van der Waals surface area contributed by atoms with Crippen molar-refractivity contribution in [2.24, 2.45) is 0 Å². The highest BCUT2D eigenvalue weighted by Gasteiger charge is 2.18. The van der Waals surface area contributed by atoms with Crippen LogP contribution in [0.1, 0.15) is 29.7 Å². The fourth-order valence-electron chi connectivity index (χ4n) is 1.99. The van der Waals surface area contributed by atoms with Crippen molar-refractivity contribution in [3.8, 4) is 6.07 Å². The van der Waals surface area contributed by atoms with Gasteiger partial charge in [0.2, 0.25) is 10.0 Å². The first-order valence-electron chi connectivity index (χ1n) is 6.40. The Bertz CT molecular complexity index is 752. The van der Waals surface area contributed by atoms with E-state index in [2.05, 4.69) is 9.71 Å². The van der Waals surface area contributed by atoms with Crippen molar-refractivity contribution in [2.45, 2.75) is 18.7 Å². The van der Waals surface area contributed by atoms with Crippen molar-refractivity contribution >= 4 is 10.0 Å². The van der Waals surface area contributed by atoms with E-state index in [0.717, 1.165) is 5.56 Å². The summed E-state index contributed by atoms with van der Waals surface area (Å²) in [7, 11) is -3.54. The molecule has 6 heteroatoms. The van der Waals surface area contributed by atoms with E-state index >= 15 is 0 Å².